The predicted molar refractivity (Wildman–Crippen MR) is 63.1 cm³/mol. The Balaban J connectivity index is 0.000000121. The number of halogens is 1. The van der Waals surface area contributed by atoms with E-state index in [-0.39, 0.29) is 0 Å². The number of hydrogen-bond donors (Lipinski definition) is 0. The third kappa shape index (κ3) is 2.42. The van der Waals surface area contributed by atoms with Gasteiger partial charge in [0, 0.05) is 12.4 Å². The Morgan fingerprint density at radius 2 is 1.80 bits per heavy atom. The summed E-state index contributed by atoms with van der Waals surface area (Å²) in [5, 5.41) is 0. The van der Waals surface area contributed by atoms with Crippen LogP contribution in [-0.2, 0) is 0 Å². The van der Waals surface area contributed by atoms with Crippen LogP contribution in [0.4, 0.5) is 0 Å². The second-order valence-electron chi connectivity index (χ2n) is 2.92. The highest BCUT2D eigenvalue weighted by molar-refractivity contribution is 9.10. The van der Waals surface area contributed by atoms with Gasteiger partial charge in [-0.05, 0) is 39.0 Å². The van der Waals surface area contributed by atoms with Crippen molar-refractivity contribution in [2.24, 2.45) is 0 Å². The molecule has 0 fully saturated rings. The van der Waals surface area contributed by atoms with Crippen LogP contribution in [0.1, 0.15) is 5.69 Å². The van der Waals surface area contributed by atoms with Gasteiger partial charge in [-0.15, -0.1) is 6.42 Å². The van der Waals surface area contributed by atoms with Crippen LogP contribution in [-0.4, -0.2) is 9.97 Å². The summed E-state index contributed by atoms with van der Waals surface area (Å²) < 4.78 is 0.618. The SMILES string of the molecule is C#Cc1nccnc1Br.c1cc2cc-2c1. The van der Waals surface area contributed by atoms with E-state index in [0.29, 0.717) is 10.3 Å². The molecule has 3 heteroatoms. The standard InChI is InChI=1S/C6H3BrN2.C6H4/c1-2-5-6(7)9-4-3-8-5;1-2-5-4-6(5)3-1/h1,3-4H;1-4H. The van der Waals surface area contributed by atoms with Gasteiger partial charge in [-0.3, -0.25) is 0 Å². The first-order chi connectivity index (χ1) is 7.31. The van der Waals surface area contributed by atoms with E-state index in [9.17, 15) is 0 Å². The molecule has 0 N–H and O–H groups in total. The van der Waals surface area contributed by atoms with Gasteiger partial charge in [0.1, 0.15) is 10.3 Å². The molecule has 0 radical (unpaired) electrons. The molecule has 0 saturated carbocycles. The van der Waals surface area contributed by atoms with Crippen molar-refractivity contribution >= 4 is 15.9 Å². The fraction of sp³-hybridized carbons (Fsp3) is 0. The average molecular weight is 259 g/mol. The third-order valence-corrected chi connectivity index (χ3v) is 2.48. The van der Waals surface area contributed by atoms with Gasteiger partial charge in [0.2, 0.25) is 0 Å². The zero-order valence-electron chi connectivity index (χ0n) is 7.81. The summed E-state index contributed by atoms with van der Waals surface area (Å²) >= 11 is 3.14. The van der Waals surface area contributed by atoms with E-state index in [4.69, 9.17) is 6.42 Å². The minimum atomic E-state index is 0.539. The number of fused-ring (bicyclic) bond motifs is 1. The molecule has 3 rings (SSSR count). The van der Waals surface area contributed by atoms with Crippen molar-refractivity contribution in [1.82, 2.24) is 9.97 Å². The fourth-order valence-corrected chi connectivity index (χ4v) is 1.43. The van der Waals surface area contributed by atoms with Crippen molar-refractivity contribution in [2.75, 3.05) is 0 Å². The number of aromatic nitrogens is 2. The lowest BCUT2D eigenvalue weighted by Crippen LogP contribution is -1.84. The molecule has 0 spiro atoms. The number of nitrogens with zero attached hydrogens (tertiary/aromatic N) is 2. The molecule has 2 aliphatic rings. The van der Waals surface area contributed by atoms with Gasteiger partial charge < -0.3 is 0 Å². The lowest BCUT2D eigenvalue weighted by molar-refractivity contribution is 1.14. The molecule has 0 saturated heterocycles. The molecule has 0 unspecified atom stereocenters. The minimum absolute atomic E-state index is 0.539. The maximum Gasteiger partial charge on any atom is 0.145 e. The zero-order chi connectivity index (χ0) is 10.7. The normalized spacial score (nSPS) is 9.60. The Bertz CT molecular complexity index is 512. The maximum absolute atomic E-state index is 5.07. The van der Waals surface area contributed by atoms with Gasteiger partial charge in [-0.25, -0.2) is 9.97 Å². The van der Waals surface area contributed by atoms with Gasteiger partial charge >= 0.3 is 0 Å². The Hall–Kier alpha value is -1.66. The second-order valence-corrected chi connectivity index (χ2v) is 3.67. The van der Waals surface area contributed by atoms with Gasteiger partial charge in [0.05, 0.1) is 0 Å². The summed E-state index contributed by atoms with van der Waals surface area (Å²) in [5.41, 5.74) is 3.39. The van der Waals surface area contributed by atoms with Crippen LogP contribution in [0, 0.1) is 12.3 Å². The highest BCUT2D eigenvalue weighted by Crippen LogP contribution is 2.32. The summed E-state index contributed by atoms with van der Waals surface area (Å²) in [6, 6.07) is 8.48. The van der Waals surface area contributed by atoms with Crippen molar-refractivity contribution in [1.29, 1.82) is 0 Å². The van der Waals surface area contributed by atoms with Crippen molar-refractivity contribution in [3.63, 3.8) is 0 Å². The highest BCUT2D eigenvalue weighted by atomic mass is 79.9. The van der Waals surface area contributed by atoms with E-state index in [1.807, 2.05) is 0 Å². The van der Waals surface area contributed by atoms with Crippen LogP contribution < -0.4 is 0 Å². The summed E-state index contributed by atoms with van der Waals surface area (Å²) in [6.45, 7) is 0. The number of hydrogen-bond acceptors (Lipinski definition) is 2. The van der Waals surface area contributed by atoms with Crippen LogP contribution >= 0.6 is 15.9 Å². The molecule has 0 bridgehead atoms. The smallest absolute Gasteiger partial charge is 0.145 e. The molecule has 72 valence electrons. The van der Waals surface area contributed by atoms with Gasteiger partial charge in [-0.2, -0.15) is 0 Å². The van der Waals surface area contributed by atoms with E-state index in [0.717, 1.165) is 0 Å². The monoisotopic (exact) mass is 258 g/mol. The van der Waals surface area contributed by atoms with Crippen molar-refractivity contribution in [2.45, 2.75) is 0 Å². The third-order valence-electron chi connectivity index (χ3n) is 1.90. The maximum atomic E-state index is 5.07. The van der Waals surface area contributed by atoms with E-state index in [2.05, 4.69) is 56.1 Å². The first-order valence-electron chi connectivity index (χ1n) is 4.35. The Morgan fingerprint density at radius 1 is 1.13 bits per heavy atom. The first-order valence-corrected chi connectivity index (χ1v) is 5.14. The van der Waals surface area contributed by atoms with Crippen LogP contribution in [0.5, 0.6) is 0 Å². The largest absolute Gasteiger partial charge is 0.245 e. The van der Waals surface area contributed by atoms with Crippen LogP contribution in [0.25, 0.3) is 11.1 Å². The van der Waals surface area contributed by atoms with Gasteiger partial charge in [0.25, 0.3) is 0 Å². The lowest BCUT2D eigenvalue weighted by atomic mass is 10.5. The number of rotatable bonds is 0. The second kappa shape index (κ2) is 4.24. The fourth-order valence-electron chi connectivity index (χ4n) is 1.09. The average Bonchev–Trinajstić information content (AvgIpc) is 2.87. The van der Waals surface area contributed by atoms with Crippen molar-refractivity contribution < 1.29 is 0 Å². The van der Waals surface area contributed by atoms with E-state index >= 15 is 0 Å². The minimum Gasteiger partial charge on any atom is -0.245 e. The lowest BCUT2D eigenvalue weighted by Gasteiger charge is -1.88. The first kappa shape index (κ1) is 9.88. The van der Waals surface area contributed by atoms with Gasteiger partial charge in [-0.1, -0.05) is 18.2 Å². The van der Waals surface area contributed by atoms with Crippen molar-refractivity contribution in [3.8, 4) is 23.5 Å². The molecule has 1 aromatic heterocycles. The molecule has 15 heavy (non-hydrogen) atoms. The summed E-state index contributed by atoms with van der Waals surface area (Å²) in [7, 11) is 0. The van der Waals surface area contributed by atoms with Crippen LogP contribution in [0.3, 0.4) is 0 Å². The van der Waals surface area contributed by atoms with Crippen LogP contribution in [0.15, 0.2) is 41.3 Å². The molecule has 2 nitrogen and oxygen atoms in total. The van der Waals surface area contributed by atoms with Gasteiger partial charge in [0.15, 0.2) is 0 Å². The highest BCUT2D eigenvalue weighted by Gasteiger charge is 2.06. The van der Waals surface area contributed by atoms with Crippen LogP contribution in [0.2, 0.25) is 0 Å². The zero-order valence-corrected chi connectivity index (χ0v) is 9.40. The number of benzene rings is 1. The topological polar surface area (TPSA) is 25.8 Å². The van der Waals surface area contributed by atoms with E-state index in [1.165, 1.54) is 11.1 Å². The number of terminal acetylenes is 1. The molecule has 1 aromatic rings. The predicted octanol–water partition coefficient (Wildman–Crippen LogP) is 2.89. The Labute approximate surface area is 96.5 Å². The summed E-state index contributed by atoms with van der Waals surface area (Å²) in [5.74, 6) is 2.37. The summed E-state index contributed by atoms with van der Waals surface area (Å²) in [6.07, 6.45) is 8.20. The Morgan fingerprint density at radius 3 is 2.13 bits per heavy atom. The molecular weight excluding hydrogens is 252 g/mol. The Kier molecular flexibility index (Phi) is 2.79. The molecular formula is C12H7BrN2. The molecule has 0 amide bonds. The quantitative estimate of drug-likeness (QED) is 0.580. The molecule has 0 aliphatic heterocycles. The summed E-state index contributed by atoms with van der Waals surface area (Å²) in [4.78, 5) is 7.71. The van der Waals surface area contributed by atoms with Crippen molar-refractivity contribution in [3.05, 3.63) is 47.0 Å². The van der Waals surface area contributed by atoms with E-state index < -0.39 is 0 Å². The molecule has 0 aromatic carbocycles. The molecule has 2 aliphatic carbocycles. The van der Waals surface area contributed by atoms with E-state index in [1.54, 1.807) is 12.4 Å². The molecule has 0 atom stereocenters. The molecule has 1 heterocycles.